The van der Waals surface area contributed by atoms with Crippen LogP contribution in [0, 0.1) is 18.2 Å². The van der Waals surface area contributed by atoms with Crippen LogP contribution in [0.2, 0.25) is 0 Å². The summed E-state index contributed by atoms with van der Waals surface area (Å²) in [6, 6.07) is 14.8. The molecule has 1 N–H and O–H groups in total. The van der Waals surface area contributed by atoms with Gasteiger partial charge in [0.05, 0.1) is 16.8 Å². The van der Waals surface area contributed by atoms with E-state index < -0.39 is 23.5 Å². The zero-order valence-corrected chi connectivity index (χ0v) is 19.9. The van der Waals surface area contributed by atoms with E-state index in [0.29, 0.717) is 46.0 Å². The number of aromatic nitrogens is 2. The van der Waals surface area contributed by atoms with Crippen LogP contribution < -0.4 is 10.1 Å². The van der Waals surface area contributed by atoms with E-state index in [4.69, 9.17) is 11.2 Å². The van der Waals surface area contributed by atoms with E-state index in [-0.39, 0.29) is 18.1 Å². The first-order valence-electron chi connectivity index (χ1n) is 11.2. The fourth-order valence-corrected chi connectivity index (χ4v) is 3.68. The number of rotatable bonds is 6. The van der Waals surface area contributed by atoms with Crippen LogP contribution >= 0.6 is 0 Å². The molecule has 1 amide bonds. The quantitative estimate of drug-likeness (QED) is 0.229. The Morgan fingerprint density at radius 1 is 1.05 bits per heavy atom. The zero-order valence-electron chi connectivity index (χ0n) is 19.9. The van der Waals surface area contributed by atoms with Crippen LogP contribution in [0.15, 0.2) is 60.7 Å². The number of anilines is 1. The minimum Gasteiger partial charge on any atom is -0.481 e. The van der Waals surface area contributed by atoms with Gasteiger partial charge in [-0.3, -0.25) is 4.79 Å². The van der Waals surface area contributed by atoms with E-state index >= 15 is 0 Å². The molecule has 1 aromatic heterocycles. The van der Waals surface area contributed by atoms with Crippen LogP contribution in [0.4, 0.5) is 23.2 Å². The number of hydrogen-bond acceptors (Lipinski definition) is 4. The fraction of sp³-hybridized carbons (Fsp3) is 0.179. The maximum atomic E-state index is 13.7. The predicted molar refractivity (Wildman–Crippen MR) is 133 cm³/mol. The fourth-order valence-electron chi connectivity index (χ4n) is 3.68. The number of nitrogens with one attached hydrogen (secondary N) is 1. The molecule has 0 saturated heterocycles. The number of amides is 1. The highest BCUT2D eigenvalue weighted by atomic mass is 19.4. The van der Waals surface area contributed by atoms with E-state index in [1.54, 1.807) is 18.2 Å². The van der Waals surface area contributed by atoms with E-state index in [1.165, 1.54) is 0 Å². The minimum absolute atomic E-state index is 0.0584. The number of carbonyl (C=O) groups is 1. The molecule has 5 nitrogen and oxygen atoms in total. The van der Waals surface area contributed by atoms with Gasteiger partial charge in [0.15, 0.2) is 0 Å². The van der Waals surface area contributed by atoms with Crippen LogP contribution in [0.3, 0.4) is 0 Å². The highest BCUT2D eigenvalue weighted by Gasteiger charge is 2.34. The Morgan fingerprint density at radius 3 is 2.43 bits per heavy atom. The first kappa shape index (κ1) is 25.6. The summed E-state index contributed by atoms with van der Waals surface area (Å²) in [5.41, 5.74) is 0.896. The molecule has 0 aliphatic carbocycles. The zero-order chi connectivity index (χ0) is 26.7. The lowest BCUT2D eigenvalue weighted by Crippen LogP contribution is -2.17. The minimum atomic E-state index is -4.92. The molecule has 4 aromatic rings. The van der Waals surface area contributed by atoms with Crippen LogP contribution in [0.5, 0.6) is 5.75 Å². The maximum Gasteiger partial charge on any atom is 0.419 e. The molecule has 9 heteroatoms. The van der Waals surface area contributed by atoms with E-state index in [2.05, 4.69) is 35.1 Å². The summed E-state index contributed by atoms with van der Waals surface area (Å²) in [7, 11) is 0. The first-order valence-corrected chi connectivity index (χ1v) is 11.2. The summed E-state index contributed by atoms with van der Waals surface area (Å²) in [6.07, 6.45) is 0.361. The van der Waals surface area contributed by atoms with Gasteiger partial charge in [-0.05, 0) is 47.9 Å². The second-order valence-corrected chi connectivity index (χ2v) is 8.49. The molecule has 1 heterocycles. The van der Waals surface area contributed by atoms with Crippen molar-refractivity contribution < 1.29 is 27.1 Å². The van der Waals surface area contributed by atoms with Crippen molar-refractivity contribution in [3.8, 4) is 29.4 Å². The topological polar surface area (TPSA) is 64.1 Å². The monoisotopic (exact) mass is 507 g/mol. The second kappa shape index (κ2) is 10.3. The maximum absolute atomic E-state index is 13.7. The van der Waals surface area contributed by atoms with Crippen molar-refractivity contribution >= 4 is 22.5 Å². The van der Waals surface area contributed by atoms with Gasteiger partial charge in [0.25, 0.3) is 5.91 Å². The van der Waals surface area contributed by atoms with Gasteiger partial charge in [-0.25, -0.2) is 14.4 Å². The molecule has 0 unspecified atom stereocenters. The molecule has 0 spiro atoms. The van der Waals surface area contributed by atoms with E-state index in [1.807, 2.05) is 24.3 Å². The van der Waals surface area contributed by atoms with Crippen molar-refractivity contribution in [2.75, 3.05) is 11.9 Å². The molecule has 37 heavy (non-hydrogen) atoms. The number of terminal acetylenes is 1. The third-order valence-electron chi connectivity index (χ3n) is 5.57. The molecular weight excluding hydrogens is 486 g/mol. The third-order valence-corrected chi connectivity index (χ3v) is 5.57. The Kier molecular flexibility index (Phi) is 7.11. The normalized spacial score (nSPS) is 11.4. The Morgan fingerprint density at radius 2 is 1.78 bits per heavy atom. The molecule has 3 aromatic carbocycles. The molecule has 4 rings (SSSR count). The molecule has 0 aliphatic heterocycles. The van der Waals surface area contributed by atoms with Gasteiger partial charge >= 0.3 is 6.18 Å². The molecule has 0 saturated carbocycles. The summed E-state index contributed by atoms with van der Waals surface area (Å²) in [4.78, 5) is 21.7. The lowest BCUT2D eigenvalue weighted by molar-refractivity contribution is -0.139. The standard InChI is InChI=1S/C28H21F4N3O2/c1-4-13-37-20-10-12-24-21(15-20)25(18-7-5-17(6-8-18)16(2)3)35-26(34-24)27(36)33-19-9-11-23(29)22(14-19)28(30,31)32/h1,5-12,14-16H,13H2,2-3H3,(H,33,36). The number of ether oxygens (including phenoxy) is 1. The van der Waals surface area contributed by atoms with Gasteiger partial charge in [-0.2, -0.15) is 13.2 Å². The highest BCUT2D eigenvalue weighted by molar-refractivity contribution is 6.04. The van der Waals surface area contributed by atoms with Gasteiger partial charge in [0.2, 0.25) is 5.82 Å². The van der Waals surface area contributed by atoms with E-state index in [9.17, 15) is 22.4 Å². The number of hydrogen-bond donors (Lipinski definition) is 1. The lowest BCUT2D eigenvalue weighted by atomic mass is 9.99. The molecule has 0 radical (unpaired) electrons. The van der Waals surface area contributed by atoms with Crippen LogP contribution in [-0.4, -0.2) is 22.5 Å². The second-order valence-electron chi connectivity index (χ2n) is 8.49. The SMILES string of the molecule is C#CCOc1ccc2nc(C(=O)Nc3ccc(F)c(C(F)(F)F)c3)nc(-c3ccc(C(C)C)cc3)c2c1. The number of halogens is 4. The molecule has 0 aliphatic rings. The number of alkyl halides is 3. The largest absolute Gasteiger partial charge is 0.481 e. The summed E-state index contributed by atoms with van der Waals surface area (Å²) in [6.45, 7) is 4.18. The molecule has 188 valence electrons. The Balaban J connectivity index is 1.78. The van der Waals surface area contributed by atoms with E-state index in [0.717, 1.165) is 11.6 Å². The van der Waals surface area contributed by atoms with Crippen molar-refractivity contribution in [2.24, 2.45) is 0 Å². The summed E-state index contributed by atoms with van der Waals surface area (Å²) in [5, 5.41) is 2.91. The molecule has 0 bridgehead atoms. The lowest BCUT2D eigenvalue weighted by Gasteiger charge is -2.13. The number of fused-ring (bicyclic) bond motifs is 1. The summed E-state index contributed by atoms with van der Waals surface area (Å²) in [5.74, 6) is 0.612. The smallest absolute Gasteiger partial charge is 0.419 e. The van der Waals surface area contributed by atoms with Crippen molar-refractivity contribution in [2.45, 2.75) is 25.9 Å². The van der Waals surface area contributed by atoms with Crippen molar-refractivity contribution in [1.82, 2.24) is 9.97 Å². The van der Waals surface area contributed by atoms with Crippen molar-refractivity contribution in [3.05, 3.63) is 83.4 Å². The van der Waals surface area contributed by atoms with Crippen LogP contribution in [-0.2, 0) is 6.18 Å². The Bertz CT molecular complexity index is 1510. The van der Waals surface area contributed by atoms with Gasteiger partial charge in [-0.15, -0.1) is 6.42 Å². The number of carbonyl (C=O) groups excluding carboxylic acids is 1. The van der Waals surface area contributed by atoms with Crippen molar-refractivity contribution in [3.63, 3.8) is 0 Å². The Labute approximate surface area is 210 Å². The van der Waals surface area contributed by atoms with Crippen molar-refractivity contribution in [1.29, 1.82) is 0 Å². The van der Waals surface area contributed by atoms with Gasteiger partial charge in [0.1, 0.15) is 18.2 Å². The first-order chi connectivity index (χ1) is 17.6. The number of nitrogens with zero attached hydrogens (tertiary/aromatic N) is 2. The highest BCUT2D eigenvalue weighted by Crippen LogP contribution is 2.34. The van der Waals surface area contributed by atoms with Crippen LogP contribution in [0.25, 0.3) is 22.2 Å². The van der Waals surface area contributed by atoms with Gasteiger partial charge in [-0.1, -0.05) is 44.0 Å². The predicted octanol–water partition coefficient (Wildman–Crippen LogP) is 6.84. The molecular formula is C28H21F4N3O2. The molecule has 0 atom stereocenters. The van der Waals surface area contributed by atoms with Gasteiger partial charge < -0.3 is 10.1 Å². The summed E-state index contributed by atoms with van der Waals surface area (Å²) < 4.78 is 58.4. The average molecular weight is 507 g/mol. The third kappa shape index (κ3) is 5.70. The summed E-state index contributed by atoms with van der Waals surface area (Å²) >= 11 is 0. The molecule has 0 fully saturated rings. The Hall–Kier alpha value is -4.45. The van der Waals surface area contributed by atoms with Crippen LogP contribution in [0.1, 0.15) is 41.5 Å². The van der Waals surface area contributed by atoms with Gasteiger partial charge in [0, 0.05) is 16.6 Å². The number of benzene rings is 3. The average Bonchev–Trinajstić information content (AvgIpc) is 2.87.